The Hall–Kier alpha value is -0.300. The molecule has 0 heterocycles. The normalized spacial score (nSPS) is 43.9. The van der Waals surface area contributed by atoms with E-state index in [1.54, 1.807) is 0 Å². The van der Waals surface area contributed by atoms with E-state index < -0.39 is 5.60 Å². The minimum atomic E-state index is -0.487. The third-order valence-electron chi connectivity index (χ3n) is 7.07. The van der Waals surface area contributed by atoms with Gasteiger partial charge in [-0.1, -0.05) is 40.2 Å². The zero-order chi connectivity index (χ0) is 15.9. The van der Waals surface area contributed by atoms with Gasteiger partial charge in [0.2, 0.25) is 0 Å². The van der Waals surface area contributed by atoms with Crippen LogP contribution in [0.5, 0.6) is 0 Å². The van der Waals surface area contributed by atoms with Crippen LogP contribution in [0.1, 0.15) is 79.6 Å². The Morgan fingerprint density at radius 1 is 1.19 bits per heavy atom. The second-order valence-electron chi connectivity index (χ2n) is 9.14. The van der Waals surface area contributed by atoms with Gasteiger partial charge in [0.25, 0.3) is 0 Å². The average Bonchev–Trinajstić information content (AvgIpc) is 2.35. The third-order valence-corrected chi connectivity index (χ3v) is 7.07. The van der Waals surface area contributed by atoms with Crippen molar-refractivity contribution in [2.75, 3.05) is 0 Å². The standard InChI is InChI=1S/C20H36O/c1-7-15(2)9-10-17-19(5)13-8-12-18(3,4)16(19)11-14-20(17,6)21/h7,15-17,21H,1,8-14H2,2-6H3/t15?,16-,17+,19-,20+/m0/s1. The van der Waals surface area contributed by atoms with Gasteiger partial charge in [-0.3, -0.25) is 0 Å². The first-order valence-corrected chi connectivity index (χ1v) is 8.98. The highest BCUT2D eigenvalue weighted by molar-refractivity contribution is 5.07. The highest BCUT2D eigenvalue weighted by Crippen LogP contribution is 2.62. The number of allylic oxidation sites excluding steroid dienone is 1. The molecule has 1 unspecified atom stereocenters. The fourth-order valence-corrected chi connectivity index (χ4v) is 5.81. The summed E-state index contributed by atoms with van der Waals surface area (Å²) in [7, 11) is 0. The first-order chi connectivity index (χ1) is 9.63. The van der Waals surface area contributed by atoms with E-state index in [9.17, 15) is 5.11 Å². The van der Waals surface area contributed by atoms with Crippen molar-refractivity contribution in [2.24, 2.45) is 28.6 Å². The van der Waals surface area contributed by atoms with E-state index in [4.69, 9.17) is 0 Å². The van der Waals surface area contributed by atoms with Gasteiger partial charge in [-0.15, -0.1) is 6.58 Å². The molecule has 2 aliphatic rings. The average molecular weight is 293 g/mol. The Kier molecular flexibility index (Phi) is 4.65. The van der Waals surface area contributed by atoms with Gasteiger partial charge in [-0.05, 0) is 74.0 Å². The highest BCUT2D eigenvalue weighted by Gasteiger charge is 2.57. The van der Waals surface area contributed by atoms with E-state index >= 15 is 0 Å². The summed E-state index contributed by atoms with van der Waals surface area (Å²) in [6.45, 7) is 15.7. The molecule has 0 aromatic heterocycles. The van der Waals surface area contributed by atoms with Crippen LogP contribution in [0.15, 0.2) is 12.7 Å². The Morgan fingerprint density at radius 2 is 1.86 bits per heavy atom. The number of aliphatic hydroxyl groups is 1. The summed E-state index contributed by atoms with van der Waals surface area (Å²) in [5, 5.41) is 11.1. The van der Waals surface area contributed by atoms with Crippen LogP contribution < -0.4 is 0 Å². The molecule has 0 aromatic rings. The van der Waals surface area contributed by atoms with Crippen molar-refractivity contribution in [3.63, 3.8) is 0 Å². The summed E-state index contributed by atoms with van der Waals surface area (Å²) in [5.41, 5.74) is 0.260. The monoisotopic (exact) mass is 292 g/mol. The molecule has 1 heteroatoms. The van der Waals surface area contributed by atoms with Gasteiger partial charge in [0.15, 0.2) is 0 Å². The number of fused-ring (bicyclic) bond motifs is 1. The summed E-state index contributed by atoms with van der Waals surface area (Å²) in [6.07, 6.45) is 10.5. The predicted molar refractivity (Wildman–Crippen MR) is 91.2 cm³/mol. The van der Waals surface area contributed by atoms with Crippen LogP contribution in [0.2, 0.25) is 0 Å². The Labute approximate surface area is 132 Å². The second kappa shape index (κ2) is 5.72. The van der Waals surface area contributed by atoms with Gasteiger partial charge in [-0.2, -0.15) is 0 Å². The topological polar surface area (TPSA) is 20.2 Å². The van der Waals surface area contributed by atoms with E-state index in [0.29, 0.717) is 22.7 Å². The fraction of sp³-hybridized carbons (Fsp3) is 0.900. The van der Waals surface area contributed by atoms with Gasteiger partial charge in [0, 0.05) is 0 Å². The number of hydrogen-bond donors (Lipinski definition) is 1. The molecule has 0 aromatic carbocycles. The molecule has 2 saturated carbocycles. The van der Waals surface area contributed by atoms with E-state index in [2.05, 4.69) is 47.3 Å². The molecule has 2 rings (SSSR count). The van der Waals surface area contributed by atoms with Crippen LogP contribution in [0.4, 0.5) is 0 Å². The number of hydrogen-bond acceptors (Lipinski definition) is 1. The summed E-state index contributed by atoms with van der Waals surface area (Å²) < 4.78 is 0. The lowest BCUT2D eigenvalue weighted by Crippen LogP contribution is -2.57. The summed E-state index contributed by atoms with van der Waals surface area (Å²) in [5.74, 6) is 1.76. The molecule has 2 fully saturated rings. The van der Waals surface area contributed by atoms with Crippen molar-refractivity contribution >= 4 is 0 Å². The van der Waals surface area contributed by atoms with Crippen LogP contribution in [0.25, 0.3) is 0 Å². The van der Waals surface area contributed by atoms with Gasteiger partial charge >= 0.3 is 0 Å². The SMILES string of the molecule is C=CC(C)CC[C@@H]1[C@@]2(C)CCCC(C)(C)[C@@H]2CC[C@@]1(C)O. The van der Waals surface area contributed by atoms with E-state index in [0.717, 1.165) is 25.2 Å². The molecular formula is C20H36O. The molecular weight excluding hydrogens is 256 g/mol. The van der Waals surface area contributed by atoms with Crippen molar-refractivity contribution in [3.05, 3.63) is 12.7 Å². The fourth-order valence-electron chi connectivity index (χ4n) is 5.81. The third kappa shape index (κ3) is 3.09. The molecule has 122 valence electrons. The molecule has 0 spiro atoms. The Bertz CT molecular complexity index is 381. The second-order valence-corrected chi connectivity index (χ2v) is 9.14. The summed E-state index contributed by atoms with van der Waals surface area (Å²) >= 11 is 0. The molecule has 5 atom stereocenters. The van der Waals surface area contributed by atoms with Gasteiger partial charge < -0.3 is 5.11 Å². The minimum absolute atomic E-state index is 0.310. The Morgan fingerprint density at radius 3 is 2.48 bits per heavy atom. The molecule has 2 aliphatic carbocycles. The highest BCUT2D eigenvalue weighted by atomic mass is 16.3. The maximum absolute atomic E-state index is 11.1. The molecule has 21 heavy (non-hydrogen) atoms. The maximum Gasteiger partial charge on any atom is 0.0653 e. The quantitative estimate of drug-likeness (QED) is 0.670. The van der Waals surface area contributed by atoms with E-state index in [-0.39, 0.29) is 0 Å². The minimum Gasteiger partial charge on any atom is -0.390 e. The molecule has 1 nitrogen and oxygen atoms in total. The predicted octanol–water partition coefficient (Wildman–Crippen LogP) is 5.58. The zero-order valence-electron chi connectivity index (χ0n) is 14.9. The van der Waals surface area contributed by atoms with Crippen molar-refractivity contribution in [2.45, 2.75) is 85.2 Å². The summed E-state index contributed by atoms with van der Waals surface area (Å²) in [4.78, 5) is 0. The Balaban J connectivity index is 2.26. The van der Waals surface area contributed by atoms with Crippen LogP contribution in [0, 0.1) is 28.6 Å². The summed E-state index contributed by atoms with van der Waals surface area (Å²) in [6, 6.07) is 0. The first kappa shape index (κ1) is 17.1. The van der Waals surface area contributed by atoms with Crippen LogP contribution >= 0.6 is 0 Å². The van der Waals surface area contributed by atoms with Gasteiger partial charge in [-0.25, -0.2) is 0 Å². The van der Waals surface area contributed by atoms with Gasteiger partial charge in [0.1, 0.15) is 0 Å². The van der Waals surface area contributed by atoms with Crippen molar-refractivity contribution in [3.8, 4) is 0 Å². The van der Waals surface area contributed by atoms with Crippen molar-refractivity contribution in [1.29, 1.82) is 0 Å². The molecule has 0 bridgehead atoms. The lowest BCUT2D eigenvalue weighted by Gasteiger charge is -2.61. The zero-order valence-corrected chi connectivity index (χ0v) is 14.9. The van der Waals surface area contributed by atoms with Gasteiger partial charge in [0.05, 0.1) is 5.60 Å². The smallest absolute Gasteiger partial charge is 0.0653 e. The van der Waals surface area contributed by atoms with Crippen molar-refractivity contribution < 1.29 is 5.11 Å². The van der Waals surface area contributed by atoms with E-state index in [1.165, 1.54) is 25.7 Å². The van der Waals surface area contributed by atoms with Crippen LogP contribution in [0.3, 0.4) is 0 Å². The first-order valence-electron chi connectivity index (χ1n) is 8.98. The maximum atomic E-state index is 11.1. The molecule has 0 radical (unpaired) electrons. The van der Waals surface area contributed by atoms with E-state index in [1.807, 2.05) is 0 Å². The number of rotatable bonds is 4. The lowest BCUT2D eigenvalue weighted by molar-refractivity contribution is -0.169. The van der Waals surface area contributed by atoms with Crippen molar-refractivity contribution in [1.82, 2.24) is 0 Å². The van der Waals surface area contributed by atoms with Crippen LogP contribution in [-0.2, 0) is 0 Å². The lowest BCUT2D eigenvalue weighted by atomic mass is 9.45. The molecule has 1 N–H and O–H groups in total. The van der Waals surface area contributed by atoms with Crippen LogP contribution in [-0.4, -0.2) is 10.7 Å². The molecule has 0 amide bonds. The largest absolute Gasteiger partial charge is 0.390 e. The molecule has 0 aliphatic heterocycles. The molecule has 0 saturated heterocycles.